The number of aromatic hydroxyl groups is 1. The summed E-state index contributed by atoms with van der Waals surface area (Å²) in [5.41, 5.74) is 4.86. The molecule has 2 aromatic carbocycles. The highest BCUT2D eigenvalue weighted by molar-refractivity contribution is 6.25. The van der Waals surface area contributed by atoms with E-state index in [1.165, 1.54) is 6.07 Å². The minimum Gasteiger partial charge on any atom is -0.507 e. The van der Waals surface area contributed by atoms with E-state index in [1.807, 2.05) is 20.8 Å². The Labute approximate surface area is 260 Å². The Hall–Kier alpha value is -4.10. The van der Waals surface area contributed by atoms with Gasteiger partial charge in [-0.15, -0.1) is 0 Å². The average Bonchev–Trinajstić information content (AvgIpc) is 2.94. The lowest BCUT2D eigenvalue weighted by Gasteiger charge is -2.53. The van der Waals surface area contributed by atoms with Crippen molar-refractivity contribution in [2.24, 2.45) is 23.5 Å². The number of hydrogen-bond donors (Lipinski definition) is 7. The number of aliphatic hydroxyl groups is 3. The number of hydrogen-bond acceptors (Lipinski definition) is 10. The number of anilines is 1. The van der Waals surface area contributed by atoms with Gasteiger partial charge in [-0.25, -0.2) is 0 Å². The van der Waals surface area contributed by atoms with Crippen molar-refractivity contribution in [3.05, 3.63) is 53.1 Å². The molecule has 0 bridgehead atoms. The third-order valence-electron chi connectivity index (χ3n) is 9.23. The van der Waals surface area contributed by atoms with Crippen molar-refractivity contribution in [3.8, 4) is 16.9 Å². The fourth-order valence-corrected chi connectivity index (χ4v) is 7.16. The van der Waals surface area contributed by atoms with Crippen LogP contribution in [0.3, 0.4) is 0 Å². The third-order valence-corrected chi connectivity index (χ3v) is 9.23. The summed E-state index contributed by atoms with van der Waals surface area (Å²) in [6, 6.07) is 9.18. The van der Waals surface area contributed by atoms with E-state index in [-0.39, 0.29) is 47.7 Å². The molecule has 2 fully saturated rings. The number of nitrogens with two attached hydrogens (primary N) is 1. The molecular weight excluding hydrogens is 580 g/mol. The number of rotatable bonds is 6. The topological polar surface area (TPSA) is 203 Å². The first-order chi connectivity index (χ1) is 21.0. The predicted octanol–water partition coefficient (Wildman–Crippen LogP) is 1.12. The van der Waals surface area contributed by atoms with Crippen LogP contribution < -0.4 is 16.4 Å². The Bertz CT molecular complexity index is 1610. The Morgan fingerprint density at radius 1 is 1.07 bits per heavy atom. The average molecular weight is 621 g/mol. The minimum absolute atomic E-state index is 0.0127. The van der Waals surface area contributed by atoms with E-state index in [1.54, 1.807) is 49.3 Å². The number of amides is 2. The van der Waals surface area contributed by atoms with Crippen LogP contribution in [0.15, 0.2) is 42.0 Å². The van der Waals surface area contributed by atoms with Crippen LogP contribution in [0.1, 0.15) is 38.3 Å². The number of phenolic OH excluding ortho intramolecular Hbond substituents is 1. The minimum atomic E-state index is -2.71. The zero-order valence-corrected chi connectivity index (χ0v) is 25.9. The molecule has 0 saturated heterocycles. The van der Waals surface area contributed by atoms with Gasteiger partial charge < -0.3 is 41.7 Å². The first-order valence-electron chi connectivity index (χ1n) is 14.9. The monoisotopic (exact) mass is 620 g/mol. The SMILES string of the molecule is CN(C)C1C(O)C(C(N)=O)C(=O)[C@]2(O)C(=O)C3=C(O)c4c(O)ccc(-c5ccc(NC(=O)CNC(C)(C)C)cc5)c4C[C@@H]3C[C@H]12. The lowest BCUT2D eigenvalue weighted by molar-refractivity contribution is -0.184. The van der Waals surface area contributed by atoms with E-state index < -0.39 is 58.7 Å². The van der Waals surface area contributed by atoms with Crippen molar-refractivity contribution in [1.82, 2.24) is 10.2 Å². The summed E-state index contributed by atoms with van der Waals surface area (Å²) in [5, 5.41) is 51.1. The molecule has 8 N–H and O–H groups in total. The summed E-state index contributed by atoms with van der Waals surface area (Å²) >= 11 is 0. The molecule has 2 aromatic rings. The Morgan fingerprint density at radius 3 is 2.29 bits per heavy atom. The van der Waals surface area contributed by atoms with Crippen LogP contribution in [0.4, 0.5) is 5.69 Å². The van der Waals surface area contributed by atoms with E-state index in [2.05, 4.69) is 10.6 Å². The van der Waals surface area contributed by atoms with Crippen LogP contribution in [0.25, 0.3) is 16.9 Å². The van der Waals surface area contributed by atoms with Crippen molar-refractivity contribution >= 4 is 34.8 Å². The fourth-order valence-electron chi connectivity index (χ4n) is 7.16. The van der Waals surface area contributed by atoms with E-state index in [0.717, 1.165) is 5.56 Å². The highest BCUT2D eigenvalue weighted by atomic mass is 16.3. The van der Waals surface area contributed by atoms with Crippen molar-refractivity contribution in [3.63, 3.8) is 0 Å². The van der Waals surface area contributed by atoms with E-state index in [9.17, 15) is 39.6 Å². The number of likely N-dealkylation sites (N-methyl/N-ethyl adjacent to an activating group) is 1. The molecule has 3 aliphatic rings. The third kappa shape index (κ3) is 5.41. The van der Waals surface area contributed by atoms with Gasteiger partial charge in [0.05, 0.1) is 18.2 Å². The maximum Gasteiger partial charge on any atom is 0.238 e. The van der Waals surface area contributed by atoms with Crippen molar-refractivity contribution in [1.29, 1.82) is 0 Å². The molecule has 12 nitrogen and oxygen atoms in total. The molecule has 0 aromatic heterocycles. The summed E-state index contributed by atoms with van der Waals surface area (Å²) in [6.07, 6.45) is -1.35. The second-order valence-electron chi connectivity index (χ2n) is 13.5. The number of ketones is 2. The molecular formula is C33H40N4O8. The number of Topliss-reactive ketones (excluding diaryl/α,β-unsaturated/α-hetero) is 2. The van der Waals surface area contributed by atoms with Gasteiger partial charge in [0.15, 0.2) is 11.4 Å². The zero-order valence-electron chi connectivity index (χ0n) is 25.9. The molecule has 0 aliphatic heterocycles. The largest absolute Gasteiger partial charge is 0.507 e. The van der Waals surface area contributed by atoms with Crippen molar-refractivity contribution in [2.75, 3.05) is 26.0 Å². The van der Waals surface area contributed by atoms with Crippen molar-refractivity contribution < 1.29 is 39.6 Å². The van der Waals surface area contributed by atoms with Gasteiger partial charge in [-0.3, -0.25) is 19.2 Å². The molecule has 45 heavy (non-hydrogen) atoms. The molecule has 3 unspecified atom stereocenters. The van der Waals surface area contributed by atoms with Gasteiger partial charge in [-0.05, 0) is 88.5 Å². The van der Waals surface area contributed by atoms with Crippen LogP contribution in [0, 0.1) is 17.8 Å². The number of primary amides is 1. The lowest BCUT2D eigenvalue weighted by atomic mass is 9.54. The van der Waals surface area contributed by atoms with Crippen LogP contribution in [-0.4, -0.2) is 92.6 Å². The number of phenols is 1. The molecule has 6 atom stereocenters. The second-order valence-corrected chi connectivity index (χ2v) is 13.5. The van der Waals surface area contributed by atoms with Gasteiger partial charge in [0.25, 0.3) is 0 Å². The van der Waals surface area contributed by atoms with Gasteiger partial charge in [0, 0.05) is 28.8 Å². The number of aliphatic hydroxyl groups excluding tert-OH is 2. The summed E-state index contributed by atoms with van der Waals surface area (Å²) < 4.78 is 0. The summed E-state index contributed by atoms with van der Waals surface area (Å²) in [7, 11) is 3.21. The molecule has 12 heteroatoms. The van der Waals surface area contributed by atoms with Gasteiger partial charge in [0.1, 0.15) is 17.4 Å². The predicted molar refractivity (Wildman–Crippen MR) is 166 cm³/mol. The first kappa shape index (κ1) is 32.3. The molecule has 2 amide bonds. The number of nitrogens with zero attached hydrogens (tertiary/aromatic N) is 1. The molecule has 2 saturated carbocycles. The number of carbonyl (C=O) groups is 4. The van der Waals surface area contributed by atoms with Crippen LogP contribution in [0.5, 0.6) is 5.75 Å². The number of benzene rings is 2. The normalized spacial score (nSPS) is 28.0. The fraction of sp³-hybridized carbons (Fsp3) is 0.455. The van der Waals surface area contributed by atoms with Gasteiger partial charge in [-0.2, -0.15) is 0 Å². The van der Waals surface area contributed by atoms with Crippen LogP contribution in [-0.2, 0) is 25.6 Å². The number of nitrogens with one attached hydrogen (secondary N) is 2. The highest BCUT2D eigenvalue weighted by Crippen LogP contribution is 2.53. The van der Waals surface area contributed by atoms with E-state index in [0.29, 0.717) is 16.8 Å². The van der Waals surface area contributed by atoms with E-state index >= 15 is 0 Å². The highest BCUT2D eigenvalue weighted by Gasteiger charge is 2.67. The van der Waals surface area contributed by atoms with E-state index in [4.69, 9.17) is 5.73 Å². The molecule has 5 rings (SSSR count). The maximum absolute atomic E-state index is 14.0. The summed E-state index contributed by atoms with van der Waals surface area (Å²) in [6.45, 7) is 6.03. The Morgan fingerprint density at radius 2 is 1.71 bits per heavy atom. The summed E-state index contributed by atoms with van der Waals surface area (Å²) in [4.78, 5) is 53.7. The summed E-state index contributed by atoms with van der Waals surface area (Å²) in [5.74, 6) is -8.05. The van der Waals surface area contributed by atoms with Crippen molar-refractivity contribution in [2.45, 2.75) is 56.9 Å². The molecule has 3 aliphatic carbocycles. The lowest BCUT2D eigenvalue weighted by Crippen LogP contribution is -2.73. The zero-order chi connectivity index (χ0) is 33.2. The van der Waals surface area contributed by atoms with Gasteiger partial charge >= 0.3 is 0 Å². The smallest absolute Gasteiger partial charge is 0.238 e. The van der Waals surface area contributed by atoms with Gasteiger partial charge in [-0.1, -0.05) is 18.2 Å². The maximum atomic E-state index is 14.0. The molecule has 0 radical (unpaired) electrons. The van der Waals surface area contributed by atoms with Crippen LogP contribution in [0.2, 0.25) is 0 Å². The first-order valence-corrected chi connectivity index (χ1v) is 14.9. The van der Waals surface area contributed by atoms with Gasteiger partial charge in [0.2, 0.25) is 17.6 Å². The Balaban J connectivity index is 1.53. The number of fused-ring (bicyclic) bond motifs is 3. The standard InChI is InChI=1S/C33H40N4O8/c1-32(2,3)35-14-22(39)36-17-8-6-15(7-9-17)18-10-11-21(38)24-19(18)12-16-13-20-26(37(4)5)28(41)25(31(34)44)30(43)33(20,45)29(42)23(16)27(24)40/h6-11,16,20,25-26,28,35,38,40-41,45H,12-14H2,1-5H3,(H2,34,44)(H,36,39)/t16-,20-,25?,26?,28?,33-/m1/s1. The molecule has 0 spiro atoms. The van der Waals surface area contributed by atoms with Crippen LogP contribution >= 0.6 is 0 Å². The Kier molecular flexibility index (Phi) is 8.15. The number of carbonyl (C=O) groups excluding carboxylic acids is 4. The molecule has 0 heterocycles. The second kappa shape index (κ2) is 11.4. The quantitative estimate of drug-likeness (QED) is 0.229. The molecule has 240 valence electrons.